The molecule has 0 radical (unpaired) electrons. The number of aliphatic carboxylic acids is 1. The summed E-state index contributed by atoms with van der Waals surface area (Å²) >= 11 is 0. The molecule has 2 rings (SSSR count). The molecule has 2 heterocycles. The average Bonchev–Trinajstić information content (AvgIpc) is 3.00. The van der Waals surface area contributed by atoms with E-state index in [-0.39, 0.29) is 12.5 Å². The number of hydrogen-bond acceptors (Lipinski definition) is 3. The molecule has 0 aromatic heterocycles. The molecule has 0 bridgehead atoms. The highest BCUT2D eigenvalue weighted by atomic mass is 16.4. The minimum atomic E-state index is -0.801. The summed E-state index contributed by atoms with van der Waals surface area (Å²) in [6, 6.07) is 0. The number of nitrogens with zero attached hydrogens (tertiary/aromatic N) is 2. The van der Waals surface area contributed by atoms with E-state index in [0.717, 1.165) is 45.3 Å². The highest BCUT2D eigenvalue weighted by molar-refractivity contribution is 5.82. The maximum Gasteiger partial charge on any atom is 0.324 e. The molecule has 0 saturated carbocycles. The largest absolute Gasteiger partial charge is 0.480 e. The summed E-state index contributed by atoms with van der Waals surface area (Å²) in [6.45, 7) is 4.67. The third-order valence-corrected chi connectivity index (χ3v) is 4.47. The Balaban J connectivity index is 2.04. The Hall–Kier alpha value is -1.10. The third-order valence-electron chi connectivity index (χ3n) is 4.47. The molecule has 0 spiro atoms. The van der Waals surface area contributed by atoms with E-state index < -0.39 is 11.5 Å². The van der Waals surface area contributed by atoms with Gasteiger partial charge in [0.15, 0.2) is 0 Å². The second-order valence-corrected chi connectivity index (χ2v) is 5.70. The van der Waals surface area contributed by atoms with Gasteiger partial charge in [0.05, 0.1) is 6.54 Å². The van der Waals surface area contributed by atoms with Gasteiger partial charge in [-0.1, -0.05) is 13.3 Å². The molecule has 2 aliphatic heterocycles. The summed E-state index contributed by atoms with van der Waals surface area (Å²) in [5.41, 5.74) is -0.801. The van der Waals surface area contributed by atoms with Crippen LogP contribution in [0.2, 0.25) is 0 Å². The Morgan fingerprint density at radius 3 is 2.42 bits per heavy atom. The van der Waals surface area contributed by atoms with Gasteiger partial charge in [-0.15, -0.1) is 0 Å². The van der Waals surface area contributed by atoms with Gasteiger partial charge < -0.3 is 10.0 Å². The van der Waals surface area contributed by atoms with Crippen LogP contribution in [0.15, 0.2) is 0 Å². The molecule has 0 aromatic carbocycles. The van der Waals surface area contributed by atoms with Gasteiger partial charge in [0.1, 0.15) is 5.54 Å². The van der Waals surface area contributed by atoms with Crippen LogP contribution in [0, 0.1) is 0 Å². The highest BCUT2D eigenvalue weighted by Gasteiger charge is 2.47. The van der Waals surface area contributed by atoms with Crippen molar-refractivity contribution in [3.63, 3.8) is 0 Å². The van der Waals surface area contributed by atoms with Gasteiger partial charge in [-0.2, -0.15) is 0 Å². The zero-order valence-electron chi connectivity index (χ0n) is 11.7. The number of amides is 1. The lowest BCUT2D eigenvalue weighted by molar-refractivity contribution is -0.151. The number of likely N-dealkylation sites (tertiary alicyclic amines) is 2. The van der Waals surface area contributed by atoms with Crippen molar-refractivity contribution in [1.29, 1.82) is 0 Å². The van der Waals surface area contributed by atoms with Crippen molar-refractivity contribution in [3.05, 3.63) is 0 Å². The summed E-state index contributed by atoms with van der Waals surface area (Å²) in [7, 11) is 0. The van der Waals surface area contributed by atoms with Gasteiger partial charge in [0, 0.05) is 13.1 Å². The Bertz CT molecular complexity index is 353. The monoisotopic (exact) mass is 268 g/mol. The SMILES string of the molecule is CCCC1(C(=O)O)CCCN1CC(=O)N1CCCC1. The zero-order valence-corrected chi connectivity index (χ0v) is 11.7. The van der Waals surface area contributed by atoms with Crippen LogP contribution in [0.25, 0.3) is 0 Å². The van der Waals surface area contributed by atoms with Crippen LogP contribution in [-0.2, 0) is 9.59 Å². The van der Waals surface area contributed by atoms with E-state index in [1.165, 1.54) is 0 Å². The third kappa shape index (κ3) is 2.76. The van der Waals surface area contributed by atoms with Crippen molar-refractivity contribution in [2.45, 2.75) is 51.0 Å². The Labute approximate surface area is 114 Å². The maximum atomic E-state index is 12.2. The first kappa shape index (κ1) is 14.3. The Morgan fingerprint density at radius 2 is 1.84 bits per heavy atom. The lowest BCUT2D eigenvalue weighted by Gasteiger charge is -2.35. The van der Waals surface area contributed by atoms with Crippen LogP contribution in [-0.4, -0.2) is 58.5 Å². The second kappa shape index (κ2) is 5.90. The molecule has 0 aromatic rings. The summed E-state index contributed by atoms with van der Waals surface area (Å²) in [5.74, 6) is -0.665. The first-order valence-electron chi connectivity index (χ1n) is 7.36. The fourth-order valence-corrected chi connectivity index (χ4v) is 3.44. The van der Waals surface area contributed by atoms with E-state index >= 15 is 0 Å². The van der Waals surface area contributed by atoms with E-state index in [4.69, 9.17) is 0 Å². The van der Waals surface area contributed by atoms with Gasteiger partial charge >= 0.3 is 5.97 Å². The first-order chi connectivity index (χ1) is 9.10. The minimum Gasteiger partial charge on any atom is -0.480 e. The highest BCUT2D eigenvalue weighted by Crippen LogP contribution is 2.34. The molecule has 108 valence electrons. The van der Waals surface area contributed by atoms with Crippen molar-refractivity contribution < 1.29 is 14.7 Å². The van der Waals surface area contributed by atoms with E-state index in [1.807, 2.05) is 16.7 Å². The van der Waals surface area contributed by atoms with Gasteiger partial charge in [0.2, 0.25) is 5.91 Å². The molecule has 1 N–H and O–H groups in total. The molecule has 1 unspecified atom stereocenters. The second-order valence-electron chi connectivity index (χ2n) is 5.70. The lowest BCUT2D eigenvalue weighted by atomic mass is 9.90. The first-order valence-corrected chi connectivity index (χ1v) is 7.36. The van der Waals surface area contributed by atoms with E-state index in [0.29, 0.717) is 12.8 Å². The molecule has 1 atom stereocenters. The van der Waals surface area contributed by atoms with Crippen LogP contribution < -0.4 is 0 Å². The molecule has 5 nitrogen and oxygen atoms in total. The molecular formula is C14H24N2O3. The Kier molecular flexibility index (Phi) is 4.45. The predicted octanol–water partition coefficient (Wildman–Crippen LogP) is 1.33. The van der Waals surface area contributed by atoms with Crippen LogP contribution in [0.1, 0.15) is 45.4 Å². The molecule has 2 aliphatic rings. The minimum absolute atomic E-state index is 0.0983. The molecule has 1 amide bonds. The van der Waals surface area contributed by atoms with Crippen molar-refractivity contribution in [2.75, 3.05) is 26.2 Å². The van der Waals surface area contributed by atoms with Crippen molar-refractivity contribution in [2.24, 2.45) is 0 Å². The number of rotatable bonds is 5. The van der Waals surface area contributed by atoms with Crippen molar-refractivity contribution >= 4 is 11.9 Å². The number of carbonyl (C=O) groups excluding carboxylic acids is 1. The number of hydrogen-bond donors (Lipinski definition) is 1. The van der Waals surface area contributed by atoms with Crippen molar-refractivity contribution in [3.8, 4) is 0 Å². The molecule has 0 aliphatic carbocycles. The summed E-state index contributed by atoms with van der Waals surface area (Å²) in [5, 5.41) is 9.58. The summed E-state index contributed by atoms with van der Waals surface area (Å²) in [6.07, 6.45) is 5.16. The number of carboxylic acid groups (broad SMARTS) is 1. The van der Waals surface area contributed by atoms with E-state index in [1.54, 1.807) is 0 Å². The topological polar surface area (TPSA) is 60.9 Å². The average molecular weight is 268 g/mol. The van der Waals surface area contributed by atoms with Gasteiger partial charge in [-0.25, -0.2) is 0 Å². The van der Waals surface area contributed by atoms with Crippen LogP contribution >= 0.6 is 0 Å². The fourth-order valence-electron chi connectivity index (χ4n) is 3.44. The van der Waals surface area contributed by atoms with Gasteiger partial charge in [-0.3, -0.25) is 14.5 Å². The summed E-state index contributed by atoms with van der Waals surface area (Å²) < 4.78 is 0. The molecular weight excluding hydrogens is 244 g/mol. The van der Waals surface area contributed by atoms with Crippen molar-refractivity contribution in [1.82, 2.24) is 9.80 Å². The fraction of sp³-hybridized carbons (Fsp3) is 0.857. The lowest BCUT2D eigenvalue weighted by Crippen LogP contribution is -2.53. The van der Waals surface area contributed by atoms with Gasteiger partial charge in [-0.05, 0) is 38.6 Å². The van der Waals surface area contributed by atoms with Crippen LogP contribution in [0.3, 0.4) is 0 Å². The Morgan fingerprint density at radius 1 is 1.16 bits per heavy atom. The van der Waals surface area contributed by atoms with Crippen LogP contribution in [0.4, 0.5) is 0 Å². The predicted molar refractivity (Wildman–Crippen MR) is 71.9 cm³/mol. The number of carbonyl (C=O) groups is 2. The van der Waals surface area contributed by atoms with E-state index in [2.05, 4.69) is 0 Å². The zero-order chi connectivity index (χ0) is 13.9. The van der Waals surface area contributed by atoms with Crippen LogP contribution in [0.5, 0.6) is 0 Å². The molecule has 2 saturated heterocycles. The van der Waals surface area contributed by atoms with Gasteiger partial charge in [0.25, 0.3) is 0 Å². The smallest absolute Gasteiger partial charge is 0.324 e. The molecule has 19 heavy (non-hydrogen) atoms. The maximum absolute atomic E-state index is 12.2. The normalized spacial score (nSPS) is 27.9. The summed E-state index contributed by atoms with van der Waals surface area (Å²) in [4.78, 5) is 27.6. The molecule has 5 heteroatoms. The quantitative estimate of drug-likeness (QED) is 0.817. The standard InChI is InChI=1S/C14H24N2O3/c1-2-6-14(13(18)19)7-5-10-16(14)11-12(17)15-8-3-4-9-15/h2-11H2,1H3,(H,18,19). The number of carboxylic acids is 1. The van der Waals surface area contributed by atoms with E-state index in [9.17, 15) is 14.7 Å². The molecule has 2 fully saturated rings.